The van der Waals surface area contributed by atoms with Crippen LogP contribution in [-0.2, 0) is 19.3 Å². The molecule has 0 unspecified atom stereocenters. The number of thioether (sulfide) groups is 1. The summed E-state index contributed by atoms with van der Waals surface area (Å²) in [6, 6.07) is 15.4. The number of rotatable bonds is 6. The molecule has 1 heterocycles. The minimum atomic E-state index is 0.589. The summed E-state index contributed by atoms with van der Waals surface area (Å²) in [4.78, 5) is 0. The van der Waals surface area contributed by atoms with Gasteiger partial charge in [0.15, 0.2) is 11.0 Å². The summed E-state index contributed by atoms with van der Waals surface area (Å²) >= 11 is 13.5. The van der Waals surface area contributed by atoms with Crippen LogP contribution in [0.3, 0.4) is 0 Å². The first-order valence-corrected chi connectivity index (χ1v) is 9.11. The monoisotopic (exact) mass is 378 g/mol. The molecular weight excluding hydrogens is 363 g/mol. The van der Waals surface area contributed by atoms with Crippen LogP contribution in [-0.4, -0.2) is 14.8 Å². The van der Waals surface area contributed by atoms with Crippen LogP contribution >= 0.6 is 35.0 Å². The van der Waals surface area contributed by atoms with E-state index >= 15 is 0 Å². The minimum absolute atomic E-state index is 0.589. The van der Waals surface area contributed by atoms with E-state index in [0.29, 0.717) is 11.6 Å². The van der Waals surface area contributed by atoms with Gasteiger partial charge in [0.25, 0.3) is 0 Å². The third-order valence-electron chi connectivity index (χ3n) is 3.48. The Kier molecular flexibility index (Phi) is 5.66. The maximum atomic E-state index is 5.99. The fraction of sp³-hybridized carbons (Fsp3) is 0.176. The molecule has 0 spiro atoms. The molecule has 0 amide bonds. The SMILES string of the molecule is Cn1c(CNc2cccc(Cl)c2)nnc1SCc1ccc(Cl)cc1. The zero-order valence-electron chi connectivity index (χ0n) is 13.0. The number of nitrogens with zero attached hydrogens (tertiary/aromatic N) is 3. The lowest BCUT2D eigenvalue weighted by atomic mass is 10.2. The van der Waals surface area contributed by atoms with Gasteiger partial charge in [-0.2, -0.15) is 0 Å². The Balaban J connectivity index is 1.60. The molecule has 0 saturated carbocycles. The molecule has 0 bridgehead atoms. The lowest BCUT2D eigenvalue weighted by Gasteiger charge is -2.07. The Hall–Kier alpha value is -1.69. The molecule has 0 saturated heterocycles. The maximum Gasteiger partial charge on any atom is 0.191 e. The normalized spacial score (nSPS) is 10.8. The molecule has 7 heteroatoms. The lowest BCUT2D eigenvalue weighted by molar-refractivity contribution is 0.744. The van der Waals surface area contributed by atoms with Crippen molar-refractivity contribution in [3.63, 3.8) is 0 Å². The number of benzene rings is 2. The van der Waals surface area contributed by atoms with Gasteiger partial charge in [-0.1, -0.05) is 53.2 Å². The van der Waals surface area contributed by atoms with E-state index < -0.39 is 0 Å². The summed E-state index contributed by atoms with van der Waals surface area (Å²) in [5.74, 6) is 1.69. The van der Waals surface area contributed by atoms with Crippen molar-refractivity contribution in [2.45, 2.75) is 17.5 Å². The van der Waals surface area contributed by atoms with Gasteiger partial charge >= 0.3 is 0 Å². The van der Waals surface area contributed by atoms with Crippen LogP contribution < -0.4 is 5.32 Å². The van der Waals surface area contributed by atoms with E-state index in [1.165, 1.54) is 5.56 Å². The number of hydrogen-bond acceptors (Lipinski definition) is 4. The van der Waals surface area contributed by atoms with Crippen molar-refractivity contribution in [3.05, 3.63) is 70.0 Å². The molecule has 0 radical (unpaired) electrons. The summed E-state index contributed by atoms with van der Waals surface area (Å²) in [5, 5.41) is 14.2. The average molecular weight is 379 g/mol. The highest BCUT2D eigenvalue weighted by Crippen LogP contribution is 2.22. The second-order valence-corrected chi connectivity index (χ2v) is 7.05. The number of aromatic nitrogens is 3. The first kappa shape index (κ1) is 17.1. The largest absolute Gasteiger partial charge is 0.378 e. The number of nitrogens with one attached hydrogen (secondary N) is 1. The van der Waals surface area contributed by atoms with Crippen LogP contribution in [0.25, 0.3) is 0 Å². The number of hydrogen-bond donors (Lipinski definition) is 1. The first-order valence-electron chi connectivity index (χ1n) is 7.37. The van der Waals surface area contributed by atoms with E-state index in [-0.39, 0.29) is 0 Å². The Morgan fingerprint density at radius 1 is 1.04 bits per heavy atom. The predicted molar refractivity (Wildman–Crippen MR) is 101 cm³/mol. The highest BCUT2D eigenvalue weighted by molar-refractivity contribution is 7.98. The Morgan fingerprint density at radius 2 is 1.83 bits per heavy atom. The summed E-state index contributed by atoms with van der Waals surface area (Å²) < 4.78 is 2.00. The van der Waals surface area contributed by atoms with Crippen molar-refractivity contribution in [2.24, 2.45) is 7.05 Å². The van der Waals surface area contributed by atoms with Gasteiger partial charge in [-0.25, -0.2) is 0 Å². The van der Waals surface area contributed by atoms with E-state index in [2.05, 4.69) is 15.5 Å². The summed E-state index contributed by atoms with van der Waals surface area (Å²) in [5.41, 5.74) is 2.16. The van der Waals surface area contributed by atoms with Crippen molar-refractivity contribution < 1.29 is 0 Å². The molecule has 4 nitrogen and oxygen atoms in total. The van der Waals surface area contributed by atoms with Crippen molar-refractivity contribution in [3.8, 4) is 0 Å². The van der Waals surface area contributed by atoms with E-state index in [1.807, 2.05) is 60.1 Å². The molecule has 0 aliphatic heterocycles. The van der Waals surface area contributed by atoms with Gasteiger partial charge in [0.05, 0.1) is 6.54 Å². The van der Waals surface area contributed by atoms with Gasteiger partial charge in [-0.05, 0) is 35.9 Å². The van der Waals surface area contributed by atoms with Crippen LogP contribution in [0.4, 0.5) is 5.69 Å². The smallest absolute Gasteiger partial charge is 0.191 e. The van der Waals surface area contributed by atoms with E-state index in [4.69, 9.17) is 23.2 Å². The standard InChI is InChI=1S/C17H16Cl2N4S/c1-23-16(10-20-15-4-2-3-14(19)9-15)21-22-17(23)24-11-12-5-7-13(18)8-6-12/h2-9,20H,10-11H2,1H3. The molecule has 3 rings (SSSR count). The maximum absolute atomic E-state index is 5.99. The fourth-order valence-corrected chi connectivity index (χ4v) is 3.33. The lowest BCUT2D eigenvalue weighted by Crippen LogP contribution is -2.06. The Morgan fingerprint density at radius 3 is 2.58 bits per heavy atom. The van der Waals surface area contributed by atoms with Gasteiger partial charge in [-0.3, -0.25) is 0 Å². The topological polar surface area (TPSA) is 42.7 Å². The molecule has 24 heavy (non-hydrogen) atoms. The van der Waals surface area contributed by atoms with Crippen molar-refractivity contribution >= 4 is 40.7 Å². The van der Waals surface area contributed by atoms with Crippen LogP contribution in [0.15, 0.2) is 53.7 Å². The molecular formula is C17H16Cl2N4S. The van der Waals surface area contributed by atoms with Crippen LogP contribution in [0.5, 0.6) is 0 Å². The highest BCUT2D eigenvalue weighted by atomic mass is 35.5. The summed E-state index contributed by atoms with van der Waals surface area (Å²) in [6.07, 6.45) is 0. The third-order valence-corrected chi connectivity index (χ3v) is 5.06. The summed E-state index contributed by atoms with van der Waals surface area (Å²) in [6.45, 7) is 0.589. The Labute approximate surface area is 155 Å². The van der Waals surface area contributed by atoms with Crippen LogP contribution in [0.2, 0.25) is 10.0 Å². The van der Waals surface area contributed by atoms with Gasteiger partial charge in [0.1, 0.15) is 0 Å². The van der Waals surface area contributed by atoms with Gasteiger partial charge in [0, 0.05) is 28.5 Å². The molecule has 0 fully saturated rings. The molecule has 124 valence electrons. The van der Waals surface area contributed by atoms with E-state index in [9.17, 15) is 0 Å². The van der Waals surface area contributed by atoms with Gasteiger partial charge < -0.3 is 9.88 Å². The second kappa shape index (κ2) is 7.92. The minimum Gasteiger partial charge on any atom is -0.378 e. The van der Waals surface area contributed by atoms with Crippen LogP contribution in [0, 0.1) is 0 Å². The third kappa shape index (κ3) is 4.44. The molecule has 0 atom stereocenters. The second-order valence-electron chi connectivity index (χ2n) is 5.24. The van der Waals surface area contributed by atoms with Crippen molar-refractivity contribution in [2.75, 3.05) is 5.32 Å². The average Bonchev–Trinajstić information content (AvgIpc) is 2.93. The number of anilines is 1. The summed E-state index contributed by atoms with van der Waals surface area (Å²) in [7, 11) is 1.97. The molecule has 1 N–H and O–H groups in total. The zero-order valence-corrected chi connectivity index (χ0v) is 15.4. The Bertz CT molecular complexity index is 818. The van der Waals surface area contributed by atoms with Crippen LogP contribution in [0.1, 0.15) is 11.4 Å². The van der Waals surface area contributed by atoms with Crippen molar-refractivity contribution in [1.29, 1.82) is 0 Å². The van der Waals surface area contributed by atoms with Gasteiger partial charge in [-0.15, -0.1) is 10.2 Å². The quantitative estimate of drug-likeness (QED) is 0.611. The first-order chi connectivity index (χ1) is 11.6. The predicted octanol–water partition coefficient (Wildman–Crippen LogP) is 5.03. The zero-order chi connectivity index (χ0) is 16.9. The highest BCUT2D eigenvalue weighted by Gasteiger charge is 2.09. The van der Waals surface area contributed by atoms with E-state index in [0.717, 1.165) is 27.4 Å². The molecule has 3 aromatic rings. The number of halogens is 2. The van der Waals surface area contributed by atoms with E-state index in [1.54, 1.807) is 11.8 Å². The fourth-order valence-electron chi connectivity index (χ4n) is 2.13. The molecule has 0 aliphatic carbocycles. The van der Waals surface area contributed by atoms with Gasteiger partial charge in [0.2, 0.25) is 0 Å². The molecule has 0 aliphatic rings. The molecule has 2 aromatic carbocycles. The molecule has 1 aromatic heterocycles. The van der Waals surface area contributed by atoms with Crippen molar-refractivity contribution in [1.82, 2.24) is 14.8 Å².